The molecule has 0 aliphatic carbocycles. The first-order chi connectivity index (χ1) is 15.4. The molecule has 2 saturated heterocycles. The van der Waals surface area contributed by atoms with Crippen LogP contribution in [0.15, 0.2) is 79.0 Å². The van der Waals surface area contributed by atoms with Gasteiger partial charge >= 0.3 is 6.18 Å². The molecular formula is C23H16F3N3O3. The van der Waals surface area contributed by atoms with Gasteiger partial charge in [-0.05, 0) is 42.5 Å². The molecule has 2 fully saturated rings. The Labute approximate surface area is 180 Å². The maximum absolute atomic E-state index is 13.4. The van der Waals surface area contributed by atoms with E-state index in [9.17, 15) is 22.8 Å². The van der Waals surface area contributed by atoms with Crippen LogP contribution in [0.25, 0.3) is 0 Å². The van der Waals surface area contributed by atoms with Crippen LogP contribution in [0.5, 0.6) is 0 Å². The number of fused-ring (bicyclic) bond motifs is 1. The first kappa shape index (κ1) is 20.2. The van der Waals surface area contributed by atoms with Crippen molar-refractivity contribution in [2.24, 2.45) is 5.92 Å². The summed E-state index contributed by atoms with van der Waals surface area (Å²) in [6, 6.07) is 17.6. The topological polar surface area (TPSA) is 62.7 Å². The summed E-state index contributed by atoms with van der Waals surface area (Å²) in [4.78, 5) is 37.6. The predicted octanol–water partition coefficient (Wildman–Crippen LogP) is 4.15. The second kappa shape index (κ2) is 7.45. The minimum absolute atomic E-state index is 0.140. The van der Waals surface area contributed by atoms with Gasteiger partial charge in [0.05, 0.1) is 22.6 Å². The SMILES string of the molecule is O=C1[C@@H]2[C@@H](c3ccccn3)N(c3ccccc3)O[C@H]2C(=O)N1c1cccc(C(F)(F)F)c1. The van der Waals surface area contributed by atoms with Crippen LogP contribution < -0.4 is 9.96 Å². The molecule has 0 N–H and O–H groups in total. The van der Waals surface area contributed by atoms with Gasteiger partial charge in [0.15, 0.2) is 6.10 Å². The lowest BCUT2D eigenvalue weighted by molar-refractivity contribution is -0.137. The van der Waals surface area contributed by atoms with Crippen molar-refractivity contribution < 1.29 is 27.6 Å². The zero-order chi connectivity index (χ0) is 22.5. The van der Waals surface area contributed by atoms with E-state index in [-0.39, 0.29) is 5.69 Å². The van der Waals surface area contributed by atoms with E-state index in [4.69, 9.17) is 4.84 Å². The van der Waals surface area contributed by atoms with Gasteiger partial charge in [0.25, 0.3) is 5.91 Å². The normalized spacial score (nSPS) is 23.0. The number of hydroxylamine groups is 1. The first-order valence-corrected chi connectivity index (χ1v) is 9.83. The number of benzene rings is 2. The van der Waals surface area contributed by atoms with Gasteiger partial charge in [-0.15, -0.1) is 0 Å². The van der Waals surface area contributed by atoms with E-state index in [1.807, 2.05) is 6.07 Å². The Morgan fingerprint density at radius 2 is 1.56 bits per heavy atom. The van der Waals surface area contributed by atoms with Crippen LogP contribution >= 0.6 is 0 Å². The van der Waals surface area contributed by atoms with Crippen LogP contribution in [0.4, 0.5) is 24.5 Å². The van der Waals surface area contributed by atoms with Crippen LogP contribution in [-0.2, 0) is 20.6 Å². The van der Waals surface area contributed by atoms with Gasteiger partial charge in [-0.1, -0.05) is 30.3 Å². The van der Waals surface area contributed by atoms with E-state index in [0.29, 0.717) is 11.4 Å². The molecule has 3 atom stereocenters. The van der Waals surface area contributed by atoms with Crippen LogP contribution in [0.1, 0.15) is 17.3 Å². The zero-order valence-electron chi connectivity index (χ0n) is 16.4. The fourth-order valence-electron chi connectivity index (χ4n) is 4.14. The number of carbonyl (C=O) groups is 2. The molecule has 9 heteroatoms. The molecule has 2 amide bonds. The Hall–Kier alpha value is -3.72. The third-order valence-corrected chi connectivity index (χ3v) is 5.55. The van der Waals surface area contributed by atoms with Gasteiger partial charge in [-0.3, -0.25) is 19.4 Å². The van der Waals surface area contributed by atoms with Crippen molar-refractivity contribution in [3.63, 3.8) is 0 Å². The summed E-state index contributed by atoms with van der Waals surface area (Å²) in [6.07, 6.45) is -4.21. The number of hydrogen-bond donors (Lipinski definition) is 0. The molecule has 2 aliphatic heterocycles. The number of rotatable bonds is 3. The molecule has 2 aliphatic rings. The highest BCUT2D eigenvalue weighted by Gasteiger charge is 2.60. The molecular weight excluding hydrogens is 423 g/mol. The summed E-state index contributed by atoms with van der Waals surface area (Å²) >= 11 is 0. The lowest BCUT2D eigenvalue weighted by Gasteiger charge is -2.28. The molecule has 0 bridgehead atoms. The van der Waals surface area contributed by atoms with Crippen LogP contribution in [0.3, 0.4) is 0 Å². The second-order valence-corrected chi connectivity index (χ2v) is 7.47. The molecule has 3 aromatic rings. The van der Waals surface area contributed by atoms with Crippen molar-refractivity contribution in [3.8, 4) is 0 Å². The van der Waals surface area contributed by atoms with E-state index in [1.54, 1.807) is 48.7 Å². The highest BCUT2D eigenvalue weighted by atomic mass is 19.4. The molecule has 6 nitrogen and oxygen atoms in total. The Kier molecular flexibility index (Phi) is 4.70. The quantitative estimate of drug-likeness (QED) is 0.574. The van der Waals surface area contributed by atoms with Crippen LogP contribution in [0.2, 0.25) is 0 Å². The number of anilines is 2. The summed E-state index contributed by atoms with van der Waals surface area (Å²) in [6.45, 7) is 0. The third-order valence-electron chi connectivity index (χ3n) is 5.55. The monoisotopic (exact) mass is 439 g/mol. The van der Waals surface area contributed by atoms with E-state index in [2.05, 4.69) is 4.98 Å². The summed E-state index contributed by atoms with van der Waals surface area (Å²) in [5.41, 5.74) is 0.0549. The molecule has 3 heterocycles. The number of para-hydroxylation sites is 1. The summed E-state index contributed by atoms with van der Waals surface area (Å²) in [7, 11) is 0. The number of halogens is 3. The summed E-state index contributed by atoms with van der Waals surface area (Å²) < 4.78 is 39.5. The van der Waals surface area contributed by atoms with Gasteiger partial charge in [0.2, 0.25) is 5.91 Å². The number of carbonyl (C=O) groups excluding carboxylic acids is 2. The Balaban J connectivity index is 1.56. The lowest BCUT2D eigenvalue weighted by atomic mass is 9.93. The molecule has 162 valence electrons. The highest BCUT2D eigenvalue weighted by Crippen LogP contribution is 2.47. The van der Waals surface area contributed by atoms with Crippen molar-refractivity contribution >= 4 is 23.2 Å². The molecule has 2 aromatic carbocycles. The fraction of sp³-hybridized carbons (Fsp3) is 0.174. The standard InChI is InChI=1S/C23H16F3N3O3/c24-23(25,26)14-7-6-10-16(13-14)28-21(30)18-19(17-11-4-5-12-27-17)29(32-20(18)22(28)31)15-8-2-1-3-9-15/h1-13,18-20H/t18-,19-,20-/m1/s1. The second-order valence-electron chi connectivity index (χ2n) is 7.47. The number of aromatic nitrogens is 1. The number of amides is 2. The number of imide groups is 1. The minimum Gasteiger partial charge on any atom is -0.273 e. The largest absolute Gasteiger partial charge is 0.416 e. The average molecular weight is 439 g/mol. The molecule has 32 heavy (non-hydrogen) atoms. The Bertz CT molecular complexity index is 1170. The van der Waals surface area contributed by atoms with Crippen molar-refractivity contribution in [2.45, 2.75) is 18.3 Å². The Morgan fingerprint density at radius 3 is 2.25 bits per heavy atom. The molecule has 0 saturated carbocycles. The van der Waals surface area contributed by atoms with E-state index < -0.39 is 41.6 Å². The zero-order valence-corrected chi connectivity index (χ0v) is 16.4. The number of alkyl halides is 3. The van der Waals surface area contributed by atoms with E-state index >= 15 is 0 Å². The van der Waals surface area contributed by atoms with Crippen LogP contribution in [-0.4, -0.2) is 22.9 Å². The number of hydrogen-bond acceptors (Lipinski definition) is 5. The van der Waals surface area contributed by atoms with Gasteiger partial charge in [-0.2, -0.15) is 13.2 Å². The van der Waals surface area contributed by atoms with E-state index in [1.165, 1.54) is 17.2 Å². The van der Waals surface area contributed by atoms with Crippen molar-refractivity contribution in [2.75, 3.05) is 9.96 Å². The van der Waals surface area contributed by atoms with Crippen molar-refractivity contribution in [1.29, 1.82) is 0 Å². The number of nitrogens with zero attached hydrogens (tertiary/aromatic N) is 3. The summed E-state index contributed by atoms with van der Waals surface area (Å²) in [5, 5.41) is 1.48. The predicted molar refractivity (Wildman–Crippen MR) is 108 cm³/mol. The first-order valence-electron chi connectivity index (χ1n) is 9.83. The molecule has 0 unspecified atom stereocenters. The van der Waals surface area contributed by atoms with Gasteiger partial charge in [0.1, 0.15) is 12.0 Å². The smallest absolute Gasteiger partial charge is 0.273 e. The minimum atomic E-state index is -4.60. The maximum Gasteiger partial charge on any atom is 0.416 e. The Morgan fingerprint density at radius 1 is 0.844 bits per heavy atom. The van der Waals surface area contributed by atoms with Crippen molar-refractivity contribution in [1.82, 2.24) is 4.98 Å². The third kappa shape index (κ3) is 3.21. The lowest BCUT2D eigenvalue weighted by Crippen LogP contribution is -2.37. The van der Waals surface area contributed by atoms with Gasteiger partial charge in [0, 0.05) is 6.20 Å². The molecule has 1 aromatic heterocycles. The number of pyridine rings is 1. The molecule has 0 spiro atoms. The van der Waals surface area contributed by atoms with Crippen molar-refractivity contribution in [3.05, 3.63) is 90.3 Å². The summed E-state index contributed by atoms with van der Waals surface area (Å²) in [5.74, 6) is -2.31. The highest BCUT2D eigenvalue weighted by molar-refractivity contribution is 6.23. The fourth-order valence-corrected chi connectivity index (χ4v) is 4.14. The maximum atomic E-state index is 13.4. The van der Waals surface area contributed by atoms with Gasteiger partial charge in [-0.25, -0.2) is 9.96 Å². The average Bonchev–Trinajstić information content (AvgIpc) is 3.30. The molecule has 5 rings (SSSR count). The van der Waals surface area contributed by atoms with Crippen LogP contribution in [0, 0.1) is 5.92 Å². The van der Waals surface area contributed by atoms with Gasteiger partial charge < -0.3 is 0 Å². The van der Waals surface area contributed by atoms with E-state index in [0.717, 1.165) is 17.0 Å². The molecule has 0 radical (unpaired) electrons.